The van der Waals surface area contributed by atoms with Crippen molar-refractivity contribution in [2.24, 2.45) is 0 Å². The summed E-state index contributed by atoms with van der Waals surface area (Å²) in [4.78, 5) is 25.0. The minimum Gasteiger partial charge on any atom is -0.454 e. The molecule has 0 radical (unpaired) electrons. The van der Waals surface area contributed by atoms with E-state index in [9.17, 15) is 9.59 Å². The van der Waals surface area contributed by atoms with Crippen LogP contribution in [0.5, 0.6) is 0 Å². The number of esters is 1. The molecule has 140 valence electrons. The Bertz CT molecular complexity index is 1060. The number of cyclic esters (lactones) is 1. The molecule has 0 aliphatic carbocycles. The molecule has 3 aromatic rings. The van der Waals surface area contributed by atoms with Gasteiger partial charge in [0.1, 0.15) is 6.10 Å². The molecule has 5 heteroatoms. The molecule has 4 nitrogen and oxygen atoms in total. The summed E-state index contributed by atoms with van der Waals surface area (Å²) in [5.74, 6) is -0.595. The number of anilines is 1. The van der Waals surface area contributed by atoms with Gasteiger partial charge in [0.2, 0.25) is 0 Å². The predicted octanol–water partition coefficient (Wildman–Crippen LogP) is 5.35. The third-order valence-corrected chi connectivity index (χ3v) is 5.01. The molecule has 0 saturated heterocycles. The average Bonchev–Trinajstić information content (AvgIpc) is 2.68. The first-order valence-electron chi connectivity index (χ1n) is 8.97. The van der Waals surface area contributed by atoms with Gasteiger partial charge in [-0.25, -0.2) is 4.79 Å². The Morgan fingerprint density at radius 3 is 2.61 bits per heavy atom. The highest BCUT2D eigenvalue weighted by atomic mass is 35.5. The summed E-state index contributed by atoms with van der Waals surface area (Å²) in [6.07, 6.45) is 0.112. The van der Waals surface area contributed by atoms with Crippen molar-refractivity contribution in [3.05, 3.63) is 99.6 Å². The number of carbonyl (C=O) groups excluding carboxylic acids is 2. The normalized spacial score (nSPS) is 15.5. The van der Waals surface area contributed by atoms with Crippen LogP contribution in [0.25, 0.3) is 0 Å². The molecule has 28 heavy (non-hydrogen) atoms. The number of hydrogen-bond acceptors (Lipinski definition) is 3. The van der Waals surface area contributed by atoms with Crippen LogP contribution < -0.4 is 5.32 Å². The van der Waals surface area contributed by atoms with E-state index in [0.717, 1.165) is 22.4 Å². The van der Waals surface area contributed by atoms with Gasteiger partial charge in [-0.2, -0.15) is 0 Å². The van der Waals surface area contributed by atoms with Gasteiger partial charge in [-0.3, -0.25) is 4.79 Å². The Kier molecular flexibility index (Phi) is 4.88. The van der Waals surface area contributed by atoms with Gasteiger partial charge in [0.05, 0.1) is 5.56 Å². The summed E-state index contributed by atoms with van der Waals surface area (Å²) in [5, 5.41) is 3.52. The molecule has 1 aliphatic rings. The molecule has 0 aromatic heterocycles. The molecule has 1 amide bonds. The molecule has 0 saturated carbocycles. The van der Waals surface area contributed by atoms with Crippen molar-refractivity contribution in [3.8, 4) is 0 Å². The summed E-state index contributed by atoms with van der Waals surface area (Å²) in [5.41, 5.74) is 4.48. The first-order valence-corrected chi connectivity index (χ1v) is 9.35. The number of halogens is 1. The van der Waals surface area contributed by atoms with Gasteiger partial charge in [-0.05, 0) is 66.1 Å². The van der Waals surface area contributed by atoms with Gasteiger partial charge in [0.15, 0.2) is 0 Å². The monoisotopic (exact) mass is 391 g/mol. The second-order valence-corrected chi connectivity index (χ2v) is 7.28. The number of fused-ring (bicyclic) bond motifs is 1. The number of rotatable bonds is 3. The van der Waals surface area contributed by atoms with E-state index in [2.05, 4.69) is 5.32 Å². The zero-order chi connectivity index (χ0) is 19.7. The van der Waals surface area contributed by atoms with Crippen LogP contribution in [-0.2, 0) is 11.2 Å². The van der Waals surface area contributed by atoms with Crippen molar-refractivity contribution in [1.29, 1.82) is 0 Å². The summed E-state index contributed by atoms with van der Waals surface area (Å²) < 4.78 is 5.57. The Hall–Kier alpha value is -3.11. The molecule has 1 heterocycles. The summed E-state index contributed by atoms with van der Waals surface area (Å²) in [7, 11) is 0. The summed E-state index contributed by atoms with van der Waals surface area (Å²) in [6.45, 7) is 1.97. The Morgan fingerprint density at radius 1 is 1.07 bits per heavy atom. The van der Waals surface area contributed by atoms with Crippen LogP contribution in [0.4, 0.5) is 5.69 Å². The van der Waals surface area contributed by atoms with Gasteiger partial charge in [-0.15, -0.1) is 0 Å². The molecule has 1 N–H and O–H groups in total. The lowest BCUT2D eigenvalue weighted by atomic mass is 9.93. The SMILES string of the molecule is Cc1cccc(NC(=O)c2ccc3c(c2)C[C@@H](c2ccc(Cl)cc2)OC3=O)c1. The standard InChI is InChI=1S/C23H18ClNO3/c1-14-3-2-4-19(11-14)25-22(26)16-7-10-20-17(12-16)13-21(28-23(20)27)15-5-8-18(24)9-6-15/h2-12,21H,13H2,1H3,(H,25,26)/t21-/m0/s1. The van der Waals surface area contributed by atoms with E-state index in [1.165, 1.54) is 0 Å². The number of hydrogen-bond donors (Lipinski definition) is 1. The maximum Gasteiger partial charge on any atom is 0.339 e. The molecule has 0 spiro atoms. The van der Waals surface area contributed by atoms with Gasteiger partial charge in [-0.1, -0.05) is 35.9 Å². The number of benzene rings is 3. The lowest BCUT2D eigenvalue weighted by Crippen LogP contribution is -2.23. The van der Waals surface area contributed by atoms with Crippen LogP contribution in [-0.4, -0.2) is 11.9 Å². The Labute approximate surface area is 168 Å². The van der Waals surface area contributed by atoms with E-state index in [1.54, 1.807) is 30.3 Å². The number of carbonyl (C=O) groups is 2. The molecule has 3 aromatic carbocycles. The first kappa shape index (κ1) is 18.3. The van der Waals surface area contributed by atoms with Crippen LogP contribution >= 0.6 is 11.6 Å². The molecule has 1 aliphatic heterocycles. The highest BCUT2D eigenvalue weighted by Gasteiger charge is 2.28. The fraction of sp³-hybridized carbons (Fsp3) is 0.130. The molecule has 0 unspecified atom stereocenters. The maximum absolute atomic E-state index is 12.6. The van der Waals surface area contributed by atoms with E-state index in [1.807, 2.05) is 43.3 Å². The Morgan fingerprint density at radius 2 is 1.86 bits per heavy atom. The fourth-order valence-corrected chi connectivity index (χ4v) is 3.45. The zero-order valence-electron chi connectivity index (χ0n) is 15.2. The average molecular weight is 392 g/mol. The maximum atomic E-state index is 12.6. The third-order valence-electron chi connectivity index (χ3n) is 4.76. The molecule has 1 atom stereocenters. The fourth-order valence-electron chi connectivity index (χ4n) is 3.33. The second kappa shape index (κ2) is 7.49. The molecule has 4 rings (SSSR count). The van der Waals surface area contributed by atoms with Gasteiger partial charge >= 0.3 is 5.97 Å². The van der Waals surface area contributed by atoms with E-state index < -0.39 is 6.10 Å². The Balaban J connectivity index is 1.58. The van der Waals surface area contributed by atoms with Crippen molar-refractivity contribution in [3.63, 3.8) is 0 Å². The van der Waals surface area contributed by atoms with Gasteiger partial charge < -0.3 is 10.1 Å². The zero-order valence-corrected chi connectivity index (χ0v) is 16.0. The number of nitrogens with one attached hydrogen (secondary N) is 1. The number of aryl methyl sites for hydroxylation is 1. The molecular weight excluding hydrogens is 374 g/mol. The van der Waals surface area contributed by atoms with Gasteiger partial charge in [0, 0.05) is 22.7 Å². The summed E-state index contributed by atoms with van der Waals surface area (Å²) >= 11 is 5.94. The van der Waals surface area contributed by atoms with Crippen molar-refractivity contribution < 1.29 is 14.3 Å². The van der Waals surface area contributed by atoms with Crippen molar-refractivity contribution >= 4 is 29.2 Å². The van der Waals surface area contributed by atoms with Crippen LogP contribution in [0.2, 0.25) is 5.02 Å². The lowest BCUT2D eigenvalue weighted by molar-refractivity contribution is 0.0252. The minimum atomic E-state index is -0.396. The predicted molar refractivity (Wildman–Crippen MR) is 109 cm³/mol. The largest absolute Gasteiger partial charge is 0.454 e. The van der Waals surface area contributed by atoms with E-state index in [0.29, 0.717) is 22.6 Å². The van der Waals surface area contributed by atoms with E-state index in [-0.39, 0.29) is 11.9 Å². The molecular formula is C23H18ClNO3. The minimum absolute atomic E-state index is 0.213. The van der Waals surface area contributed by atoms with Crippen LogP contribution in [0.15, 0.2) is 66.7 Å². The van der Waals surface area contributed by atoms with Crippen molar-refractivity contribution in [2.75, 3.05) is 5.32 Å². The van der Waals surface area contributed by atoms with Crippen LogP contribution in [0, 0.1) is 6.92 Å². The van der Waals surface area contributed by atoms with Crippen LogP contribution in [0.1, 0.15) is 43.5 Å². The number of amides is 1. The lowest BCUT2D eigenvalue weighted by Gasteiger charge is -2.25. The quantitative estimate of drug-likeness (QED) is 0.612. The molecule has 0 fully saturated rings. The smallest absolute Gasteiger partial charge is 0.339 e. The third kappa shape index (κ3) is 3.78. The highest BCUT2D eigenvalue weighted by Crippen LogP contribution is 2.31. The van der Waals surface area contributed by atoms with Crippen LogP contribution in [0.3, 0.4) is 0 Å². The van der Waals surface area contributed by atoms with Crippen molar-refractivity contribution in [2.45, 2.75) is 19.4 Å². The van der Waals surface area contributed by atoms with E-state index >= 15 is 0 Å². The van der Waals surface area contributed by atoms with Crippen molar-refractivity contribution in [1.82, 2.24) is 0 Å². The van der Waals surface area contributed by atoms with E-state index in [4.69, 9.17) is 16.3 Å². The first-order chi connectivity index (χ1) is 13.5. The highest BCUT2D eigenvalue weighted by molar-refractivity contribution is 6.30. The number of ether oxygens (including phenoxy) is 1. The molecule has 0 bridgehead atoms. The van der Waals surface area contributed by atoms with Gasteiger partial charge in [0.25, 0.3) is 5.91 Å². The topological polar surface area (TPSA) is 55.4 Å². The second-order valence-electron chi connectivity index (χ2n) is 6.85. The summed E-state index contributed by atoms with van der Waals surface area (Å²) in [6, 6.07) is 19.9.